The molecule has 0 radical (unpaired) electrons. The fourth-order valence-electron chi connectivity index (χ4n) is 2.23. The summed E-state index contributed by atoms with van der Waals surface area (Å²) in [5.74, 6) is -0.976. The largest absolute Gasteiger partial charge is 0.481 e. The zero-order chi connectivity index (χ0) is 15.2. The van der Waals surface area contributed by atoms with Crippen molar-refractivity contribution in [1.29, 1.82) is 0 Å². The molecule has 0 aromatic carbocycles. The van der Waals surface area contributed by atoms with E-state index in [1.807, 2.05) is 0 Å². The zero-order valence-electron chi connectivity index (χ0n) is 11.7. The number of carbonyl (C=O) groups excluding carboxylic acids is 1. The summed E-state index contributed by atoms with van der Waals surface area (Å²) in [6, 6.07) is 3.27. The summed E-state index contributed by atoms with van der Waals surface area (Å²) >= 11 is 0. The van der Waals surface area contributed by atoms with E-state index < -0.39 is 5.97 Å². The number of anilines is 1. The monoisotopic (exact) mass is 293 g/mol. The number of likely N-dealkylation sites (tertiary alicyclic amines) is 1. The minimum absolute atomic E-state index is 0.00843. The van der Waals surface area contributed by atoms with Gasteiger partial charge >= 0.3 is 5.97 Å². The average Bonchev–Trinajstić information content (AvgIpc) is 2.48. The van der Waals surface area contributed by atoms with E-state index in [4.69, 9.17) is 15.6 Å². The molecule has 7 nitrogen and oxygen atoms in total. The van der Waals surface area contributed by atoms with E-state index in [1.165, 1.54) is 6.20 Å². The number of carboxylic acid groups (broad SMARTS) is 1. The highest BCUT2D eigenvalue weighted by atomic mass is 16.5. The van der Waals surface area contributed by atoms with Gasteiger partial charge in [0, 0.05) is 13.1 Å². The predicted molar refractivity (Wildman–Crippen MR) is 75.8 cm³/mol. The van der Waals surface area contributed by atoms with Crippen molar-refractivity contribution in [3.8, 4) is 0 Å². The van der Waals surface area contributed by atoms with Crippen molar-refractivity contribution in [1.82, 2.24) is 9.88 Å². The molecule has 21 heavy (non-hydrogen) atoms. The van der Waals surface area contributed by atoms with Crippen LogP contribution < -0.4 is 5.73 Å². The molecule has 1 aromatic heterocycles. The van der Waals surface area contributed by atoms with Crippen LogP contribution in [0.25, 0.3) is 0 Å². The Morgan fingerprint density at radius 1 is 1.38 bits per heavy atom. The second-order valence-corrected chi connectivity index (χ2v) is 4.98. The van der Waals surface area contributed by atoms with Crippen LogP contribution in [0.15, 0.2) is 18.3 Å². The van der Waals surface area contributed by atoms with Crippen LogP contribution in [0.5, 0.6) is 0 Å². The number of aliphatic carboxylic acids is 1. The molecular formula is C14H19N3O4. The molecule has 7 heteroatoms. The third kappa shape index (κ3) is 4.42. The number of hydrogen-bond donors (Lipinski definition) is 2. The Bertz CT molecular complexity index is 495. The fourth-order valence-corrected chi connectivity index (χ4v) is 2.23. The van der Waals surface area contributed by atoms with E-state index in [9.17, 15) is 9.59 Å². The lowest BCUT2D eigenvalue weighted by Crippen LogP contribution is -2.41. The number of nitrogens with zero attached hydrogens (tertiary/aromatic N) is 2. The number of carboxylic acids is 1. The summed E-state index contributed by atoms with van der Waals surface area (Å²) in [6.45, 7) is 1.39. The lowest BCUT2D eigenvalue weighted by atomic mass is 10.1. The standard InChI is InChI=1S/C14H19N3O4/c15-10-1-2-12(16-9-10)14(20)17-6-3-11(4-7-17)21-8-5-13(18)19/h1-2,9,11H,3-8,15H2,(H,18,19). The average molecular weight is 293 g/mol. The molecule has 0 atom stereocenters. The molecule has 2 rings (SSSR count). The molecule has 0 saturated carbocycles. The molecule has 114 valence electrons. The molecule has 1 aromatic rings. The van der Waals surface area contributed by atoms with Crippen molar-refractivity contribution in [2.45, 2.75) is 25.4 Å². The molecule has 1 aliphatic rings. The summed E-state index contributed by atoms with van der Waals surface area (Å²) in [4.78, 5) is 28.4. The second kappa shape index (κ2) is 7.03. The van der Waals surface area contributed by atoms with Crippen LogP contribution in [0.1, 0.15) is 29.8 Å². The number of pyridine rings is 1. The van der Waals surface area contributed by atoms with Crippen LogP contribution in [0, 0.1) is 0 Å². The molecule has 3 N–H and O–H groups in total. The fraction of sp³-hybridized carbons (Fsp3) is 0.500. The van der Waals surface area contributed by atoms with Crippen molar-refractivity contribution in [2.75, 3.05) is 25.4 Å². The first kappa shape index (κ1) is 15.2. The summed E-state index contributed by atoms with van der Waals surface area (Å²) < 4.78 is 5.49. The van der Waals surface area contributed by atoms with Gasteiger partial charge in [0.15, 0.2) is 0 Å². The minimum atomic E-state index is -0.864. The highest BCUT2D eigenvalue weighted by molar-refractivity contribution is 5.92. The van der Waals surface area contributed by atoms with Gasteiger partial charge in [0.25, 0.3) is 5.91 Å². The first-order valence-corrected chi connectivity index (χ1v) is 6.90. The molecule has 2 heterocycles. The van der Waals surface area contributed by atoms with Gasteiger partial charge in [-0.3, -0.25) is 9.59 Å². The highest BCUT2D eigenvalue weighted by Gasteiger charge is 2.24. The molecule has 1 saturated heterocycles. The van der Waals surface area contributed by atoms with Gasteiger partial charge in [0.2, 0.25) is 0 Å². The maximum atomic E-state index is 12.2. The summed E-state index contributed by atoms with van der Waals surface area (Å²) in [5.41, 5.74) is 6.45. The number of amides is 1. The van der Waals surface area contributed by atoms with Gasteiger partial charge in [0.1, 0.15) is 5.69 Å². The van der Waals surface area contributed by atoms with Crippen LogP contribution in [0.2, 0.25) is 0 Å². The first-order chi connectivity index (χ1) is 10.1. The van der Waals surface area contributed by atoms with Gasteiger partial charge in [-0.25, -0.2) is 4.98 Å². The number of hydrogen-bond acceptors (Lipinski definition) is 5. The van der Waals surface area contributed by atoms with E-state index in [1.54, 1.807) is 17.0 Å². The Morgan fingerprint density at radius 2 is 2.10 bits per heavy atom. The Kier molecular flexibility index (Phi) is 5.10. The van der Waals surface area contributed by atoms with E-state index >= 15 is 0 Å². The Hall–Kier alpha value is -2.15. The van der Waals surface area contributed by atoms with Crippen molar-refractivity contribution in [3.05, 3.63) is 24.0 Å². The van der Waals surface area contributed by atoms with Crippen molar-refractivity contribution < 1.29 is 19.4 Å². The van der Waals surface area contributed by atoms with Gasteiger partial charge in [-0.1, -0.05) is 0 Å². The first-order valence-electron chi connectivity index (χ1n) is 6.90. The number of rotatable bonds is 5. The highest BCUT2D eigenvalue weighted by Crippen LogP contribution is 2.16. The molecule has 0 aliphatic carbocycles. The van der Waals surface area contributed by atoms with E-state index in [0.717, 1.165) is 0 Å². The lowest BCUT2D eigenvalue weighted by Gasteiger charge is -2.31. The van der Waals surface area contributed by atoms with Crippen LogP contribution >= 0.6 is 0 Å². The molecule has 0 unspecified atom stereocenters. The third-order valence-corrected chi connectivity index (χ3v) is 3.40. The Labute approximate surface area is 122 Å². The second-order valence-electron chi connectivity index (χ2n) is 4.98. The number of ether oxygens (including phenoxy) is 1. The number of aromatic nitrogens is 1. The van der Waals surface area contributed by atoms with Gasteiger partial charge < -0.3 is 20.5 Å². The summed E-state index contributed by atoms with van der Waals surface area (Å²) in [6.07, 6.45) is 2.91. The number of nitrogens with two attached hydrogens (primary N) is 1. The van der Waals surface area contributed by atoms with Crippen LogP contribution in [0.4, 0.5) is 5.69 Å². The van der Waals surface area contributed by atoms with Crippen LogP contribution in [-0.2, 0) is 9.53 Å². The Balaban J connectivity index is 1.79. The van der Waals surface area contributed by atoms with Gasteiger partial charge in [-0.05, 0) is 25.0 Å². The number of piperidine rings is 1. The molecule has 1 amide bonds. The lowest BCUT2D eigenvalue weighted by molar-refractivity contribution is -0.138. The van der Waals surface area contributed by atoms with E-state index in [0.29, 0.717) is 37.3 Å². The molecular weight excluding hydrogens is 274 g/mol. The summed E-state index contributed by atoms with van der Waals surface area (Å²) in [7, 11) is 0. The smallest absolute Gasteiger partial charge is 0.305 e. The van der Waals surface area contributed by atoms with Gasteiger partial charge in [-0.15, -0.1) is 0 Å². The van der Waals surface area contributed by atoms with Crippen LogP contribution in [0.3, 0.4) is 0 Å². The predicted octanol–water partition coefficient (Wildman–Crippen LogP) is 0.760. The van der Waals surface area contributed by atoms with Crippen molar-refractivity contribution >= 4 is 17.6 Å². The maximum absolute atomic E-state index is 12.2. The van der Waals surface area contributed by atoms with Crippen molar-refractivity contribution in [2.24, 2.45) is 0 Å². The topological polar surface area (TPSA) is 106 Å². The summed E-state index contributed by atoms with van der Waals surface area (Å²) in [5, 5.41) is 8.55. The molecule has 1 fully saturated rings. The zero-order valence-corrected chi connectivity index (χ0v) is 11.7. The van der Waals surface area contributed by atoms with Gasteiger partial charge in [-0.2, -0.15) is 0 Å². The quantitative estimate of drug-likeness (QED) is 0.830. The molecule has 0 bridgehead atoms. The SMILES string of the molecule is Nc1ccc(C(=O)N2CCC(OCCC(=O)O)CC2)nc1. The van der Waals surface area contributed by atoms with E-state index in [2.05, 4.69) is 4.98 Å². The van der Waals surface area contributed by atoms with Crippen LogP contribution in [-0.4, -0.2) is 52.7 Å². The number of nitrogen functional groups attached to an aromatic ring is 1. The molecule has 1 aliphatic heterocycles. The van der Waals surface area contributed by atoms with Crippen molar-refractivity contribution in [3.63, 3.8) is 0 Å². The normalized spacial score (nSPS) is 15.9. The minimum Gasteiger partial charge on any atom is -0.481 e. The third-order valence-electron chi connectivity index (χ3n) is 3.40. The Morgan fingerprint density at radius 3 is 2.67 bits per heavy atom. The molecule has 0 spiro atoms. The van der Waals surface area contributed by atoms with E-state index in [-0.39, 0.29) is 25.0 Å². The maximum Gasteiger partial charge on any atom is 0.305 e. The number of carbonyl (C=O) groups is 2. The van der Waals surface area contributed by atoms with Gasteiger partial charge in [0.05, 0.1) is 31.0 Å².